The number of rotatable bonds is 3. The van der Waals surface area contributed by atoms with E-state index in [1.165, 1.54) is 0 Å². The van der Waals surface area contributed by atoms with E-state index >= 15 is 0 Å². The van der Waals surface area contributed by atoms with Gasteiger partial charge in [-0.05, 0) is 42.4 Å². The van der Waals surface area contributed by atoms with Gasteiger partial charge in [-0.15, -0.1) is 0 Å². The van der Waals surface area contributed by atoms with Gasteiger partial charge in [0.05, 0.1) is 5.75 Å². The number of piperidine rings is 1. The average Bonchev–Trinajstić information content (AvgIpc) is 2.71. The molecular weight excluding hydrogens is 298 g/mol. The first-order valence-electron chi connectivity index (χ1n) is 8.59. The first-order valence-corrected chi connectivity index (χ1v) is 10.2. The van der Waals surface area contributed by atoms with Gasteiger partial charge in [-0.1, -0.05) is 27.7 Å². The van der Waals surface area contributed by atoms with Crippen LogP contribution in [0.1, 0.15) is 53.4 Å². The molecule has 2 bridgehead atoms. The molecule has 0 N–H and O–H groups in total. The van der Waals surface area contributed by atoms with E-state index in [0.29, 0.717) is 37.3 Å². The van der Waals surface area contributed by atoms with E-state index in [-0.39, 0.29) is 17.0 Å². The second-order valence-electron chi connectivity index (χ2n) is 8.69. The topological polar surface area (TPSA) is 54.5 Å². The number of Topliss-reactive ketones (excluding diaryl/α,β-unsaturated/α-hetero) is 1. The van der Waals surface area contributed by atoms with Crippen molar-refractivity contribution in [2.24, 2.45) is 28.6 Å². The minimum absolute atomic E-state index is 0.0295. The van der Waals surface area contributed by atoms with Gasteiger partial charge in [-0.25, -0.2) is 12.7 Å². The number of carbonyl (C=O) groups excluding carboxylic acids is 1. The highest BCUT2D eigenvalue weighted by molar-refractivity contribution is 7.89. The lowest BCUT2D eigenvalue weighted by atomic mass is 9.70. The highest BCUT2D eigenvalue weighted by Crippen LogP contribution is 2.64. The average molecular weight is 327 g/mol. The third kappa shape index (κ3) is 2.27. The van der Waals surface area contributed by atoms with Gasteiger partial charge in [-0.3, -0.25) is 4.79 Å². The van der Waals surface area contributed by atoms with Crippen LogP contribution in [0.25, 0.3) is 0 Å². The third-order valence-corrected chi connectivity index (χ3v) is 8.74. The van der Waals surface area contributed by atoms with Gasteiger partial charge in [0.1, 0.15) is 5.78 Å². The van der Waals surface area contributed by atoms with Gasteiger partial charge < -0.3 is 0 Å². The van der Waals surface area contributed by atoms with Gasteiger partial charge in [0.2, 0.25) is 10.0 Å². The monoisotopic (exact) mass is 327 g/mol. The van der Waals surface area contributed by atoms with Crippen LogP contribution in [-0.4, -0.2) is 37.3 Å². The molecule has 1 heterocycles. The molecule has 0 radical (unpaired) electrons. The number of nitrogens with zero attached hydrogens (tertiary/aromatic N) is 1. The zero-order valence-electron chi connectivity index (χ0n) is 14.3. The SMILES string of the molecule is C[C@@H]1C[C@@H](C)CN(S(=O)(=O)C[C@]23CC[C@H](CC2=O)C3(C)C)C1. The maximum atomic E-state index is 13.0. The molecule has 2 saturated carbocycles. The Kier molecular flexibility index (Phi) is 3.76. The van der Waals surface area contributed by atoms with Crippen molar-refractivity contribution in [1.82, 2.24) is 4.31 Å². The summed E-state index contributed by atoms with van der Waals surface area (Å²) in [6.45, 7) is 9.67. The van der Waals surface area contributed by atoms with Gasteiger partial charge in [0.25, 0.3) is 0 Å². The lowest BCUT2D eigenvalue weighted by molar-refractivity contribution is -0.128. The molecule has 0 aromatic carbocycles. The molecule has 4 nitrogen and oxygen atoms in total. The number of ketones is 1. The zero-order chi connectivity index (χ0) is 16.3. The minimum atomic E-state index is -3.37. The van der Waals surface area contributed by atoms with Crippen LogP contribution in [0, 0.1) is 28.6 Å². The number of fused-ring (bicyclic) bond motifs is 2. The fourth-order valence-corrected chi connectivity index (χ4v) is 7.79. The molecule has 1 aliphatic heterocycles. The van der Waals surface area contributed by atoms with Crippen LogP contribution in [0.2, 0.25) is 0 Å². The van der Waals surface area contributed by atoms with E-state index < -0.39 is 15.4 Å². The molecule has 0 aromatic heterocycles. The normalized spacial score (nSPS) is 42.0. The Balaban J connectivity index is 1.87. The van der Waals surface area contributed by atoms with Crippen molar-refractivity contribution in [3.63, 3.8) is 0 Å². The molecule has 5 heteroatoms. The summed E-state index contributed by atoms with van der Waals surface area (Å²) in [6.07, 6.45) is 3.42. The Morgan fingerprint density at radius 3 is 2.23 bits per heavy atom. The lowest BCUT2D eigenvalue weighted by Gasteiger charge is -2.40. The van der Waals surface area contributed by atoms with Crippen LogP contribution in [0.15, 0.2) is 0 Å². The molecule has 3 fully saturated rings. The van der Waals surface area contributed by atoms with Gasteiger partial charge in [0, 0.05) is 24.9 Å². The van der Waals surface area contributed by atoms with E-state index in [9.17, 15) is 13.2 Å². The van der Waals surface area contributed by atoms with E-state index in [4.69, 9.17) is 0 Å². The van der Waals surface area contributed by atoms with Gasteiger partial charge in [0.15, 0.2) is 0 Å². The molecule has 126 valence electrons. The van der Waals surface area contributed by atoms with Crippen LogP contribution < -0.4 is 0 Å². The molecule has 0 unspecified atom stereocenters. The number of hydrogen-bond acceptors (Lipinski definition) is 3. The second-order valence-corrected chi connectivity index (χ2v) is 10.7. The molecule has 0 aromatic rings. The van der Waals surface area contributed by atoms with Crippen molar-refractivity contribution in [3.8, 4) is 0 Å². The van der Waals surface area contributed by atoms with Crippen LogP contribution in [0.3, 0.4) is 0 Å². The van der Waals surface area contributed by atoms with E-state index in [1.54, 1.807) is 4.31 Å². The maximum absolute atomic E-state index is 13.0. The summed E-state index contributed by atoms with van der Waals surface area (Å²) >= 11 is 0. The van der Waals surface area contributed by atoms with Crippen LogP contribution in [0.4, 0.5) is 0 Å². The predicted octanol–water partition coefficient (Wildman–Crippen LogP) is 2.69. The summed E-state index contributed by atoms with van der Waals surface area (Å²) in [4.78, 5) is 12.6. The molecule has 2 aliphatic carbocycles. The van der Waals surface area contributed by atoms with Crippen molar-refractivity contribution in [3.05, 3.63) is 0 Å². The van der Waals surface area contributed by atoms with Crippen molar-refractivity contribution < 1.29 is 13.2 Å². The van der Waals surface area contributed by atoms with Crippen LogP contribution in [0.5, 0.6) is 0 Å². The van der Waals surface area contributed by atoms with Crippen molar-refractivity contribution in [2.75, 3.05) is 18.8 Å². The molecule has 0 spiro atoms. The highest BCUT2D eigenvalue weighted by Gasteiger charge is 2.65. The quantitative estimate of drug-likeness (QED) is 0.801. The fourth-order valence-electron chi connectivity index (χ4n) is 5.34. The Labute approximate surface area is 134 Å². The Bertz CT molecular complexity index is 573. The van der Waals surface area contributed by atoms with Crippen molar-refractivity contribution >= 4 is 15.8 Å². The summed E-state index contributed by atoms with van der Waals surface area (Å²) in [5.41, 5.74) is -0.815. The summed E-state index contributed by atoms with van der Waals surface area (Å²) in [6, 6.07) is 0. The first kappa shape index (κ1) is 16.4. The maximum Gasteiger partial charge on any atom is 0.215 e. The van der Waals surface area contributed by atoms with Crippen molar-refractivity contribution in [1.29, 1.82) is 0 Å². The van der Waals surface area contributed by atoms with E-state index in [1.807, 2.05) is 0 Å². The number of hydrogen-bond donors (Lipinski definition) is 0. The third-order valence-electron chi connectivity index (χ3n) is 6.80. The van der Waals surface area contributed by atoms with E-state index in [0.717, 1.165) is 19.3 Å². The number of sulfonamides is 1. The molecular formula is C17H29NO3S. The van der Waals surface area contributed by atoms with Crippen molar-refractivity contribution in [2.45, 2.75) is 53.4 Å². The Morgan fingerprint density at radius 2 is 1.77 bits per heavy atom. The molecule has 1 saturated heterocycles. The lowest BCUT2D eigenvalue weighted by Crippen LogP contribution is -2.50. The molecule has 22 heavy (non-hydrogen) atoms. The molecule has 3 aliphatic rings. The Hall–Kier alpha value is -0.420. The molecule has 3 rings (SSSR count). The summed E-state index contributed by atoms with van der Waals surface area (Å²) in [5.74, 6) is 1.39. The zero-order valence-corrected chi connectivity index (χ0v) is 15.1. The smallest absolute Gasteiger partial charge is 0.215 e. The first-order chi connectivity index (χ1) is 10.1. The minimum Gasteiger partial charge on any atom is -0.299 e. The Morgan fingerprint density at radius 1 is 1.18 bits per heavy atom. The summed E-state index contributed by atoms with van der Waals surface area (Å²) < 4.78 is 27.7. The van der Waals surface area contributed by atoms with Gasteiger partial charge in [-0.2, -0.15) is 0 Å². The standard InChI is InChI=1S/C17H29NO3S/c1-12-7-13(2)10-18(9-12)22(20,21)11-17-6-5-14(8-15(17)19)16(17,3)4/h12-14H,5-11H2,1-4H3/t12-,13-,14-,17-/m1/s1. The fraction of sp³-hybridized carbons (Fsp3) is 0.941. The molecule has 0 amide bonds. The van der Waals surface area contributed by atoms with Crippen LogP contribution >= 0.6 is 0 Å². The second kappa shape index (κ2) is 5.04. The number of carbonyl (C=O) groups is 1. The van der Waals surface area contributed by atoms with Crippen LogP contribution in [-0.2, 0) is 14.8 Å². The molecule has 4 atom stereocenters. The predicted molar refractivity (Wildman–Crippen MR) is 86.9 cm³/mol. The summed E-state index contributed by atoms with van der Waals surface area (Å²) in [5, 5.41) is 0. The largest absolute Gasteiger partial charge is 0.299 e. The summed E-state index contributed by atoms with van der Waals surface area (Å²) in [7, 11) is -3.37. The van der Waals surface area contributed by atoms with E-state index in [2.05, 4.69) is 27.7 Å². The highest BCUT2D eigenvalue weighted by atomic mass is 32.2. The van der Waals surface area contributed by atoms with Gasteiger partial charge >= 0.3 is 0 Å².